The highest BCUT2D eigenvalue weighted by molar-refractivity contribution is 6.07. The number of nitrogens with one attached hydrogen (secondary N) is 1. The second-order valence-electron chi connectivity index (χ2n) is 7.46. The highest BCUT2D eigenvalue weighted by Gasteiger charge is 2.20. The van der Waals surface area contributed by atoms with Gasteiger partial charge < -0.3 is 14.6 Å². The molecule has 4 aromatic heterocycles. The standard InChI is InChI=1S/C23H20N6O/c1-5-24-14-15(1)21-22-17(3-6-25-21)19(13-20(28-22)29-9-11-30-12-10-29)16-2-7-26-23-18(16)4-8-27-23/h1-8,13H,9-12,14H2,(H,26,27). The van der Waals surface area contributed by atoms with Crippen LogP contribution in [0.4, 0.5) is 5.82 Å². The van der Waals surface area contributed by atoms with Gasteiger partial charge in [-0.15, -0.1) is 0 Å². The predicted molar refractivity (Wildman–Crippen MR) is 119 cm³/mol. The van der Waals surface area contributed by atoms with Gasteiger partial charge >= 0.3 is 0 Å². The molecule has 148 valence electrons. The molecule has 6 heterocycles. The third-order valence-corrected chi connectivity index (χ3v) is 5.75. The van der Waals surface area contributed by atoms with E-state index in [9.17, 15) is 0 Å². The summed E-state index contributed by atoms with van der Waals surface area (Å²) in [6, 6.07) is 8.40. The molecular weight excluding hydrogens is 376 g/mol. The minimum Gasteiger partial charge on any atom is -0.378 e. The van der Waals surface area contributed by atoms with E-state index >= 15 is 0 Å². The lowest BCUT2D eigenvalue weighted by molar-refractivity contribution is 0.122. The van der Waals surface area contributed by atoms with Gasteiger partial charge in [0.05, 0.1) is 31.0 Å². The summed E-state index contributed by atoms with van der Waals surface area (Å²) >= 11 is 0. The zero-order valence-electron chi connectivity index (χ0n) is 16.4. The molecule has 2 aliphatic heterocycles. The Kier molecular flexibility index (Phi) is 4.06. The van der Waals surface area contributed by atoms with Crippen molar-refractivity contribution in [3.05, 3.63) is 54.6 Å². The van der Waals surface area contributed by atoms with Crippen molar-refractivity contribution in [2.75, 3.05) is 37.7 Å². The second-order valence-corrected chi connectivity index (χ2v) is 7.46. The molecule has 0 amide bonds. The quantitative estimate of drug-likeness (QED) is 0.574. The maximum atomic E-state index is 5.56. The van der Waals surface area contributed by atoms with E-state index in [-0.39, 0.29) is 0 Å². The summed E-state index contributed by atoms with van der Waals surface area (Å²) in [7, 11) is 0. The van der Waals surface area contributed by atoms with Gasteiger partial charge in [-0.2, -0.15) is 0 Å². The molecule has 0 aliphatic carbocycles. The number of H-pyrrole nitrogens is 1. The molecule has 30 heavy (non-hydrogen) atoms. The minimum atomic E-state index is 0.641. The Balaban J connectivity index is 1.64. The van der Waals surface area contributed by atoms with Crippen LogP contribution in [0.2, 0.25) is 0 Å². The lowest BCUT2D eigenvalue weighted by Gasteiger charge is -2.28. The van der Waals surface area contributed by atoms with E-state index in [4.69, 9.17) is 9.72 Å². The molecule has 1 N–H and O–H groups in total. The Labute approximate surface area is 173 Å². The smallest absolute Gasteiger partial charge is 0.137 e. The van der Waals surface area contributed by atoms with Crippen LogP contribution in [0.3, 0.4) is 0 Å². The van der Waals surface area contributed by atoms with Crippen LogP contribution in [0, 0.1) is 0 Å². The Bertz CT molecular complexity index is 1320. The van der Waals surface area contributed by atoms with E-state index in [1.54, 1.807) is 0 Å². The van der Waals surface area contributed by atoms with Crippen LogP contribution < -0.4 is 4.90 Å². The number of fused-ring (bicyclic) bond motifs is 2. The van der Waals surface area contributed by atoms with E-state index in [1.807, 2.05) is 30.9 Å². The van der Waals surface area contributed by atoms with Crippen LogP contribution in [-0.4, -0.2) is 59.0 Å². The van der Waals surface area contributed by atoms with Gasteiger partial charge in [-0.1, -0.05) is 0 Å². The topological polar surface area (TPSA) is 79.3 Å². The molecule has 7 nitrogen and oxygen atoms in total. The highest BCUT2D eigenvalue weighted by Crippen LogP contribution is 2.37. The first kappa shape index (κ1) is 17.3. The van der Waals surface area contributed by atoms with Crippen LogP contribution in [0.15, 0.2) is 53.9 Å². The summed E-state index contributed by atoms with van der Waals surface area (Å²) < 4.78 is 5.56. The molecule has 0 saturated carbocycles. The highest BCUT2D eigenvalue weighted by atomic mass is 16.5. The Morgan fingerprint density at radius 3 is 2.73 bits per heavy atom. The zero-order chi connectivity index (χ0) is 19.9. The number of pyridine rings is 3. The fourth-order valence-electron chi connectivity index (χ4n) is 4.25. The van der Waals surface area contributed by atoms with Crippen molar-refractivity contribution >= 4 is 39.5 Å². The number of aliphatic imine (C=N–C) groups is 1. The monoisotopic (exact) mass is 396 g/mol. The molecule has 1 saturated heterocycles. The fourth-order valence-corrected chi connectivity index (χ4v) is 4.25. The molecule has 2 aliphatic rings. The molecule has 4 aromatic rings. The Hall–Kier alpha value is -3.58. The number of aromatic nitrogens is 4. The first-order valence-corrected chi connectivity index (χ1v) is 10.1. The van der Waals surface area contributed by atoms with Crippen molar-refractivity contribution in [1.29, 1.82) is 0 Å². The van der Waals surface area contributed by atoms with Crippen molar-refractivity contribution in [3.63, 3.8) is 0 Å². The molecule has 7 heteroatoms. The summed E-state index contributed by atoms with van der Waals surface area (Å²) in [6.07, 6.45) is 9.52. The molecule has 0 radical (unpaired) electrons. The first-order valence-electron chi connectivity index (χ1n) is 10.1. The van der Waals surface area contributed by atoms with Gasteiger partial charge in [0.15, 0.2) is 0 Å². The number of rotatable bonds is 3. The van der Waals surface area contributed by atoms with Gasteiger partial charge in [0.2, 0.25) is 0 Å². The third kappa shape index (κ3) is 2.78. The van der Waals surface area contributed by atoms with Crippen molar-refractivity contribution in [2.45, 2.75) is 0 Å². The molecule has 0 bridgehead atoms. The lowest BCUT2D eigenvalue weighted by Crippen LogP contribution is -2.36. The van der Waals surface area contributed by atoms with E-state index in [0.29, 0.717) is 19.8 Å². The second kappa shape index (κ2) is 7.03. The van der Waals surface area contributed by atoms with Crippen molar-refractivity contribution in [3.8, 4) is 11.1 Å². The number of hydrogen-bond acceptors (Lipinski definition) is 6. The molecular formula is C23H20N6O. The maximum Gasteiger partial charge on any atom is 0.137 e. The van der Waals surface area contributed by atoms with Gasteiger partial charge in [-0.05, 0) is 41.5 Å². The van der Waals surface area contributed by atoms with Crippen molar-refractivity contribution in [1.82, 2.24) is 19.9 Å². The molecule has 6 rings (SSSR count). The SMILES string of the molecule is C1=NCC(c2nccc3c(-c4ccnc5[nH]ccc45)cc(N4CCOCC4)nc23)=C1. The number of aromatic amines is 1. The number of hydrogen-bond donors (Lipinski definition) is 1. The lowest BCUT2D eigenvalue weighted by atomic mass is 9.98. The van der Waals surface area contributed by atoms with E-state index in [0.717, 1.165) is 63.2 Å². The number of ether oxygens (including phenoxy) is 1. The van der Waals surface area contributed by atoms with E-state index < -0.39 is 0 Å². The average molecular weight is 396 g/mol. The van der Waals surface area contributed by atoms with Crippen LogP contribution in [0.5, 0.6) is 0 Å². The van der Waals surface area contributed by atoms with Gasteiger partial charge in [-0.3, -0.25) is 9.98 Å². The Morgan fingerprint density at radius 1 is 0.967 bits per heavy atom. The van der Waals surface area contributed by atoms with Crippen molar-refractivity contribution in [2.24, 2.45) is 4.99 Å². The van der Waals surface area contributed by atoms with Crippen molar-refractivity contribution < 1.29 is 4.74 Å². The van der Waals surface area contributed by atoms with E-state index in [2.05, 4.69) is 49.1 Å². The van der Waals surface area contributed by atoms with Gasteiger partial charge in [0.1, 0.15) is 11.5 Å². The number of morpholine rings is 1. The zero-order valence-corrected chi connectivity index (χ0v) is 16.4. The number of allylic oxidation sites excluding steroid dienone is 1. The summed E-state index contributed by atoms with van der Waals surface area (Å²) in [6.45, 7) is 3.73. The molecule has 0 aromatic carbocycles. The molecule has 0 unspecified atom stereocenters. The molecule has 0 atom stereocenters. The van der Waals surface area contributed by atoms with Crippen LogP contribution in [0.1, 0.15) is 5.69 Å². The van der Waals surface area contributed by atoms with Crippen LogP contribution >= 0.6 is 0 Å². The normalized spacial score (nSPS) is 16.5. The first-order chi connectivity index (χ1) is 14.9. The molecule has 1 fully saturated rings. The van der Waals surface area contributed by atoms with Gasteiger partial charge in [-0.25, -0.2) is 9.97 Å². The van der Waals surface area contributed by atoms with E-state index in [1.165, 1.54) is 0 Å². The third-order valence-electron chi connectivity index (χ3n) is 5.75. The van der Waals surface area contributed by atoms with Gasteiger partial charge in [0.25, 0.3) is 0 Å². The van der Waals surface area contributed by atoms with Gasteiger partial charge in [0, 0.05) is 54.2 Å². The van der Waals surface area contributed by atoms with Crippen LogP contribution in [0.25, 0.3) is 38.6 Å². The largest absolute Gasteiger partial charge is 0.378 e. The summed E-state index contributed by atoms with van der Waals surface area (Å²) in [5, 5.41) is 2.18. The fraction of sp³-hybridized carbons (Fsp3) is 0.217. The Morgan fingerprint density at radius 2 is 1.87 bits per heavy atom. The van der Waals surface area contributed by atoms with Crippen LogP contribution in [-0.2, 0) is 4.74 Å². The summed E-state index contributed by atoms with van der Waals surface area (Å²) in [4.78, 5) is 24.1. The predicted octanol–water partition coefficient (Wildman–Crippen LogP) is 3.48. The summed E-state index contributed by atoms with van der Waals surface area (Å²) in [5.74, 6) is 0.954. The maximum absolute atomic E-state index is 5.56. The minimum absolute atomic E-state index is 0.641. The number of anilines is 1. The summed E-state index contributed by atoms with van der Waals surface area (Å²) in [5.41, 5.74) is 6.06. The number of nitrogens with zero attached hydrogens (tertiary/aromatic N) is 5. The average Bonchev–Trinajstić information content (AvgIpc) is 3.50. The molecule has 0 spiro atoms.